The van der Waals surface area contributed by atoms with Crippen molar-refractivity contribution in [3.8, 4) is 0 Å². The number of hydrogen-bond donors (Lipinski definition) is 0. The highest BCUT2D eigenvalue weighted by Gasteiger charge is 2.30. The number of piperidine rings is 1. The zero-order chi connectivity index (χ0) is 24.0. The molecule has 2 fully saturated rings. The molecule has 5 rings (SSSR count). The molecular formula is C25H31ClFN5O2. The lowest BCUT2D eigenvalue weighted by Crippen LogP contribution is -2.43. The van der Waals surface area contributed by atoms with Crippen LogP contribution in [0.3, 0.4) is 0 Å². The second kappa shape index (κ2) is 9.21. The average molecular weight is 488 g/mol. The van der Waals surface area contributed by atoms with Gasteiger partial charge in [-0.25, -0.2) is 9.18 Å². The predicted octanol–water partition coefficient (Wildman–Crippen LogP) is 4.89. The molecule has 0 spiro atoms. The summed E-state index contributed by atoms with van der Waals surface area (Å²) in [5.41, 5.74) is 0.383. The molecule has 1 saturated carbocycles. The van der Waals surface area contributed by atoms with Crippen LogP contribution in [0.5, 0.6) is 0 Å². The molecule has 0 bridgehead atoms. The zero-order valence-corrected chi connectivity index (χ0v) is 20.5. The molecule has 9 heteroatoms. The molecule has 2 aromatic heterocycles. The molecule has 0 radical (unpaired) electrons. The SMILES string of the molecule is CC(C)n1c(=O)n(C2CCCC2)c(=O)c2c1nc(N1CCCCC1)n2Cc1c(F)cccc1Cl. The van der Waals surface area contributed by atoms with Crippen LogP contribution in [0.4, 0.5) is 10.3 Å². The number of aromatic nitrogens is 4. The number of hydrogen-bond acceptors (Lipinski definition) is 4. The fourth-order valence-electron chi connectivity index (χ4n) is 5.49. The lowest BCUT2D eigenvalue weighted by atomic mass is 10.1. The van der Waals surface area contributed by atoms with Gasteiger partial charge < -0.3 is 4.90 Å². The molecule has 7 nitrogen and oxygen atoms in total. The summed E-state index contributed by atoms with van der Waals surface area (Å²) >= 11 is 6.39. The van der Waals surface area contributed by atoms with E-state index in [1.807, 2.05) is 13.8 Å². The molecule has 0 atom stereocenters. The molecule has 3 heterocycles. The second-order valence-electron chi connectivity index (χ2n) is 9.78. The first kappa shape index (κ1) is 23.1. The summed E-state index contributed by atoms with van der Waals surface area (Å²) < 4.78 is 19.7. The largest absolute Gasteiger partial charge is 0.342 e. The van der Waals surface area contributed by atoms with E-state index >= 15 is 0 Å². The third-order valence-electron chi connectivity index (χ3n) is 7.21. The van der Waals surface area contributed by atoms with E-state index < -0.39 is 5.82 Å². The third kappa shape index (κ3) is 3.85. The Morgan fingerprint density at radius 2 is 1.79 bits per heavy atom. The summed E-state index contributed by atoms with van der Waals surface area (Å²) in [6, 6.07) is 4.30. The van der Waals surface area contributed by atoms with Gasteiger partial charge in [-0.2, -0.15) is 4.98 Å². The quantitative estimate of drug-likeness (QED) is 0.514. The lowest BCUT2D eigenvalue weighted by molar-refractivity contribution is 0.445. The molecule has 34 heavy (non-hydrogen) atoms. The summed E-state index contributed by atoms with van der Waals surface area (Å²) in [4.78, 5) is 34.5. The van der Waals surface area contributed by atoms with E-state index in [4.69, 9.17) is 16.6 Å². The van der Waals surface area contributed by atoms with Crippen LogP contribution in [0.25, 0.3) is 11.2 Å². The lowest BCUT2D eigenvalue weighted by Gasteiger charge is -2.28. The number of rotatable bonds is 5. The van der Waals surface area contributed by atoms with Crippen LogP contribution in [-0.2, 0) is 6.54 Å². The van der Waals surface area contributed by atoms with Gasteiger partial charge in [-0.3, -0.25) is 18.5 Å². The maximum atomic E-state index is 14.8. The number of fused-ring (bicyclic) bond motifs is 1. The van der Waals surface area contributed by atoms with Crippen LogP contribution in [-0.4, -0.2) is 31.8 Å². The Morgan fingerprint density at radius 3 is 2.44 bits per heavy atom. The Morgan fingerprint density at radius 1 is 1.09 bits per heavy atom. The van der Waals surface area contributed by atoms with Crippen molar-refractivity contribution in [3.63, 3.8) is 0 Å². The summed E-state index contributed by atoms with van der Waals surface area (Å²) in [5, 5.41) is 0.305. The maximum absolute atomic E-state index is 14.8. The monoisotopic (exact) mass is 487 g/mol. The first-order chi connectivity index (χ1) is 16.4. The van der Waals surface area contributed by atoms with E-state index in [1.165, 1.54) is 10.6 Å². The smallest absolute Gasteiger partial charge is 0.333 e. The highest BCUT2D eigenvalue weighted by atomic mass is 35.5. The molecule has 1 aliphatic carbocycles. The van der Waals surface area contributed by atoms with Crippen molar-refractivity contribution in [3.05, 3.63) is 55.4 Å². The Kier molecular flexibility index (Phi) is 6.27. The molecule has 0 amide bonds. The van der Waals surface area contributed by atoms with Crippen molar-refractivity contribution < 1.29 is 4.39 Å². The van der Waals surface area contributed by atoms with Gasteiger partial charge in [0.15, 0.2) is 11.2 Å². The van der Waals surface area contributed by atoms with Crippen LogP contribution in [0.1, 0.15) is 76.4 Å². The standard InChI is InChI=1S/C25H31ClFN5O2/c1-16(2)31-22-21(23(33)32(25(31)34)17-9-4-5-10-17)30(15-18-19(26)11-8-12-20(18)27)24(28-22)29-13-6-3-7-14-29/h8,11-12,16-17H,3-7,9-10,13-15H2,1-2H3. The van der Waals surface area contributed by atoms with E-state index in [1.54, 1.807) is 21.3 Å². The highest BCUT2D eigenvalue weighted by Crippen LogP contribution is 2.31. The minimum absolute atomic E-state index is 0.0735. The number of nitrogens with zero attached hydrogens (tertiary/aromatic N) is 5. The normalized spacial score (nSPS) is 17.4. The van der Waals surface area contributed by atoms with Crippen LogP contribution < -0.4 is 16.1 Å². The Hall–Kier alpha value is -2.61. The molecule has 1 saturated heterocycles. The molecule has 1 aromatic carbocycles. The van der Waals surface area contributed by atoms with Gasteiger partial charge >= 0.3 is 5.69 Å². The predicted molar refractivity (Wildman–Crippen MR) is 133 cm³/mol. The van der Waals surface area contributed by atoms with Crippen molar-refractivity contribution in [2.45, 2.75) is 77.4 Å². The molecule has 182 valence electrons. The Bertz CT molecular complexity index is 1310. The van der Waals surface area contributed by atoms with Gasteiger partial charge in [0, 0.05) is 35.8 Å². The number of imidazole rings is 1. The average Bonchev–Trinajstić information content (AvgIpc) is 3.45. The number of anilines is 1. The fourth-order valence-corrected chi connectivity index (χ4v) is 5.71. The molecule has 0 unspecified atom stereocenters. The van der Waals surface area contributed by atoms with E-state index in [9.17, 15) is 14.0 Å². The van der Waals surface area contributed by atoms with E-state index in [-0.39, 0.29) is 29.9 Å². The van der Waals surface area contributed by atoms with Crippen molar-refractivity contribution in [1.29, 1.82) is 0 Å². The summed E-state index contributed by atoms with van der Waals surface area (Å²) in [6.07, 6.45) is 6.80. The van der Waals surface area contributed by atoms with E-state index in [0.29, 0.717) is 27.7 Å². The van der Waals surface area contributed by atoms with Crippen molar-refractivity contribution >= 4 is 28.7 Å². The van der Waals surface area contributed by atoms with Gasteiger partial charge in [0.05, 0.1) is 6.54 Å². The van der Waals surface area contributed by atoms with Gasteiger partial charge in [-0.05, 0) is 58.1 Å². The van der Waals surface area contributed by atoms with Crippen molar-refractivity contribution in [2.75, 3.05) is 18.0 Å². The van der Waals surface area contributed by atoms with Gasteiger partial charge in [0.1, 0.15) is 5.82 Å². The molecule has 1 aliphatic heterocycles. The minimum atomic E-state index is -0.424. The number of benzene rings is 1. The Balaban J connectivity index is 1.83. The molecule has 3 aromatic rings. The molecule has 0 N–H and O–H groups in total. The topological polar surface area (TPSA) is 65.1 Å². The van der Waals surface area contributed by atoms with Gasteiger partial charge in [0.25, 0.3) is 5.56 Å². The van der Waals surface area contributed by atoms with Crippen LogP contribution in [0.15, 0.2) is 27.8 Å². The summed E-state index contributed by atoms with van der Waals surface area (Å²) in [6.45, 7) is 5.54. The second-order valence-corrected chi connectivity index (χ2v) is 10.2. The van der Waals surface area contributed by atoms with E-state index in [2.05, 4.69) is 4.90 Å². The molecular weight excluding hydrogens is 457 g/mol. The summed E-state index contributed by atoms with van der Waals surface area (Å²) in [7, 11) is 0. The number of halogens is 2. The van der Waals surface area contributed by atoms with Crippen LogP contribution in [0, 0.1) is 5.82 Å². The van der Waals surface area contributed by atoms with E-state index in [0.717, 1.165) is 58.0 Å². The van der Waals surface area contributed by atoms with Gasteiger partial charge in [-0.1, -0.05) is 30.5 Å². The zero-order valence-electron chi connectivity index (χ0n) is 19.8. The van der Waals surface area contributed by atoms with Gasteiger partial charge in [-0.15, -0.1) is 0 Å². The van der Waals surface area contributed by atoms with Gasteiger partial charge in [0.2, 0.25) is 5.95 Å². The fraction of sp³-hybridized carbons (Fsp3) is 0.560. The molecule has 2 aliphatic rings. The summed E-state index contributed by atoms with van der Waals surface area (Å²) in [5.74, 6) is 0.177. The third-order valence-corrected chi connectivity index (χ3v) is 7.57. The van der Waals surface area contributed by atoms with Crippen LogP contribution in [0.2, 0.25) is 5.02 Å². The minimum Gasteiger partial charge on any atom is -0.342 e. The van der Waals surface area contributed by atoms with Crippen molar-refractivity contribution in [1.82, 2.24) is 18.7 Å². The maximum Gasteiger partial charge on any atom is 0.333 e. The van der Waals surface area contributed by atoms with Crippen LogP contribution >= 0.6 is 11.6 Å². The Labute approximate surface area is 202 Å². The highest BCUT2D eigenvalue weighted by molar-refractivity contribution is 6.31. The first-order valence-corrected chi connectivity index (χ1v) is 12.7. The first-order valence-electron chi connectivity index (χ1n) is 12.3. The van der Waals surface area contributed by atoms with Crippen molar-refractivity contribution in [2.24, 2.45) is 0 Å².